The van der Waals surface area contributed by atoms with Crippen molar-refractivity contribution in [2.75, 3.05) is 11.1 Å². The lowest BCUT2D eigenvalue weighted by molar-refractivity contribution is -0.111. The van der Waals surface area contributed by atoms with Crippen LogP contribution in [0.3, 0.4) is 0 Å². The molecule has 5 heteroatoms. The minimum atomic E-state index is -0.263. The highest BCUT2D eigenvalue weighted by atomic mass is 16.1. The maximum absolute atomic E-state index is 11.3. The lowest BCUT2D eigenvalue weighted by Gasteiger charge is -2.09. The fraction of sp³-hybridized carbons (Fsp3) is 0.200. The molecule has 1 aromatic carbocycles. The SMILES string of the molecule is C=CC(=O)Nc1cc(CCc2cnn(C)c2)ccc1N. The van der Waals surface area contributed by atoms with Crippen molar-refractivity contribution in [3.05, 3.63) is 54.4 Å². The van der Waals surface area contributed by atoms with Crippen molar-refractivity contribution < 1.29 is 4.79 Å². The molecule has 0 saturated carbocycles. The zero-order valence-corrected chi connectivity index (χ0v) is 11.5. The molecule has 0 fully saturated rings. The van der Waals surface area contributed by atoms with Crippen LogP contribution in [0.1, 0.15) is 11.1 Å². The summed E-state index contributed by atoms with van der Waals surface area (Å²) in [6, 6.07) is 5.67. The van der Waals surface area contributed by atoms with Crippen LogP contribution in [0.5, 0.6) is 0 Å². The molecule has 20 heavy (non-hydrogen) atoms. The first-order chi connectivity index (χ1) is 9.58. The van der Waals surface area contributed by atoms with E-state index < -0.39 is 0 Å². The van der Waals surface area contributed by atoms with E-state index in [1.807, 2.05) is 31.6 Å². The topological polar surface area (TPSA) is 72.9 Å². The zero-order chi connectivity index (χ0) is 14.5. The van der Waals surface area contributed by atoms with E-state index in [4.69, 9.17) is 5.73 Å². The number of aromatic nitrogens is 2. The van der Waals surface area contributed by atoms with Crippen LogP contribution in [-0.4, -0.2) is 15.7 Å². The van der Waals surface area contributed by atoms with Gasteiger partial charge in [0.2, 0.25) is 5.91 Å². The molecule has 2 aromatic rings. The summed E-state index contributed by atoms with van der Waals surface area (Å²) in [5, 5.41) is 6.84. The molecule has 0 saturated heterocycles. The van der Waals surface area contributed by atoms with Gasteiger partial charge in [-0.2, -0.15) is 5.10 Å². The smallest absolute Gasteiger partial charge is 0.247 e. The average Bonchev–Trinajstić information content (AvgIpc) is 2.85. The third kappa shape index (κ3) is 3.47. The summed E-state index contributed by atoms with van der Waals surface area (Å²) in [6.07, 6.45) is 6.84. The van der Waals surface area contributed by atoms with Crippen LogP contribution < -0.4 is 11.1 Å². The summed E-state index contributed by atoms with van der Waals surface area (Å²) < 4.78 is 1.79. The number of hydrogen-bond acceptors (Lipinski definition) is 3. The highest BCUT2D eigenvalue weighted by Gasteiger charge is 2.05. The van der Waals surface area contributed by atoms with Crippen molar-refractivity contribution >= 4 is 17.3 Å². The molecule has 0 bridgehead atoms. The van der Waals surface area contributed by atoms with Gasteiger partial charge >= 0.3 is 0 Å². The van der Waals surface area contributed by atoms with E-state index in [1.165, 1.54) is 11.6 Å². The second-order valence-electron chi connectivity index (χ2n) is 4.64. The Labute approximate surface area is 118 Å². The van der Waals surface area contributed by atoms with Crippen LogP contribution in [0.25, 0.3) is 0 Å². The Morgan fingerprint density at radius 3 is 2.85 bits per heavy atom. The van der Waals surface area contributed by atoms with Gasteiger partial charge < -0.3 is 11.1 Å². The van der Waals surface area contributed by atoms with E-state index >= 15 is 0 Å². The second kappa shape index (κ2) is 6.06. The fourth-order valence-corrected chi connectivity index (χ4v) is 1.94. The number of anilines is 2. The molecule has 104 valence electrons. The molecular weight excluding hydrogens is 252 g/mol. The van der Waals surface area contributed by atoms with Gasteiger partial charge in [-0.1, -0.05) is 12.6 Å². The Morgan fingerprint density at radius 2 is 2.20 bits per heavy atom. The second-order valence-corrected chi connectivity index (χ2v) is 4.64. The summed E-state index contributed by atoms with van der Waals surface area (Å²) in [7, 11) is 1.90. The standard InChI is InChI=1S/C15H18N4O/c1-3-15(20)18-14-8-11(6-7-13(14)16)4-5-12-9-17-19(2)10-12/h3,6-10H,1,4-5,16H2,2H3,(H,18,20). The molecule has 1 aromatic heterocycles. The number of aryl methyl sites for hydroxylation is 3. The van der Waals surface area contributed by atoms with Crippen LogP contribution in [0.15, 0.2) is 43.2 Å². The van der Waals surface area contributed by atoms with E-state index in [-0.39, 0.29) is 5.91 Å². The minimum Gasteiger partial charge on any atom is -0.397 e. The molecule has 3 N–H and O–H groups in total. The first-order valence-corrected chi connectivity index (χ1v) is 6.38. The summed E-state index contributed by atoms with van der Waals surface area (Å²) >= 11 is 0. The normalized spacial score (nSPS) is 10.2. The van der Waals surface area contributed by atoms with Gasteiger partial charge in [-0.3, -0.25) is 9.48 Å². The fourth-order valence-electron chi connectivity index (χ4n) is 1.94. The van der Waals surface area contributed by atoms with Crippen LogP contribution in [0, 0.1) is 0 Å². The lowest BCUT2D eigenvalue weighted by Crippen LogP contribution is -2.09. The minimum absolute atomic E-state index is 0.263. The Kier molecular flexibility index (Phi) is 4.20. The molecule has 5 nitrogen and oxygen atoms in total. The largest absolute Gasteiger partial charge is 0.397 e. The Balaban J connectivity index is 2.06. The number of carbonyl (C=O) groups is 1. The first-order valence-electron chi connectivity index (χ1n) is 6.38. The number of amides is 1. The third-order valence-electron chi connectivity index (χ3n) is 3.02. The van der Waals surface area contributed by atoms with Crippen molar-refractivity contribution in [1.82, 2.24) is 9.78 Å². The molecule has 0 aliphatic heterocycles. The Morgan fingerprint density at radius 1 is 1.45 bits per heavy atom. The number of nitrogens with two attached hydrogens (primary N) is 1. The number of benzene rings is 1. The molecule has 0 aliphatic rings. The molecule has 1 amide bonds. The van der Waals surface area contributed by atoms with Crippen molar-refractivity contribution in [2.45, 2.75) is 12.8 Å². The summed E-state index contributed by atoms with van der Waals surface area (Å²) in [6.45, 7) is 3.43. The van der Waals surface area contributed by atoms with Gasteiger partial charge in [0.1, 0.15) is 0 Å². The van der Waals surface area contributed by atoms with Gasteiger partial charge in [-0.15, -0.1) is 0 Å². The van der Waals surface area contributed by atoms with E-state index in [2.05, 4.69) is 17.0 Å². The molecule has 0 spiro atoms. The number of rotatable bonds is 5. The highest BCUT2D eigenvalue weighted by molar-refractivity contribution is 6.00. The molecular formula is C15H18N4O. The summed E-state index contributed by atoms with van der Waals surface area (Å²) in [4.78, 5) is 11.3. The van der Waals surface area contributed by atoms with E-state index in [9.17, 15) is 4.79 Å². The average molecular weight is 270 g/mol. The van der Waals surface area contributed by atoms with Gasteiger partial charge in [0.05, 0.1) is 17.6 Å². The van der Waals surface area contributed by atoms with Crippen molar-refractivity contribution in [3.63, 3.8) is 0 Å². The molecule has 0 atom stereocenters. The van der Waals surface area contributed by atoms with E-state index in [0.29, 0.717) is 11.4 Å². The van der Waals surface area contributed by atoms with Crippen LogP contribution in [0.4, 0.5) is 11.4 Å². The Hall–Kier alpha value is -2.56. The predicted molar refractivity (Wildman–Crippen MR) is 80.3 cm³/mol. The summed E-state index contributed by atoms with van der Waals surface area (Å²) in [5.74, 6) is -0.263. The van der Waals surface area contributed by atoms with Crippen molar-refractivity contribution in [3.8, 4) is 0 Å². The van der Waals surface area contributed by atoms with Gasteiger partial charge in [0.15, 0.2) is 0 Å². The third-order valence-corrected chi connectivity index (χ3v) is 3.02. The molecule has 0 radical (unpaired) electrons. The summed E-state index contributed by atoms with van der Waals surface area (Å²) in [5.41, 5.74) is 9.31. The molecule has 1 heterocycles. The number of hydrogen-bond donors (Lipinski definition) is 2. The van der Waals surface area contributed by atoms with Crippen LogP contribution in [-0.2, 0) is 24.7 Å². The first kappa shape index (κ1) is 13.9. The quantitative estimate of drug-likeness (QED) is 0.644. The monoisotopic (exact) mass is 270 g/mol. The van der Waals surface area contributed by atoms with Gasteiger partial charge in [-0.25, -0.2) is 0 Å². The van der Waals surface area contributed by atoms with Gasteiger partial charge in [-0.05, 0) is 42.2 Å². The molecule has 0 aliphatic carbocycles. The number of nitrogens with zero attached hydrogens (tertiary/aromatic N) is 2. The maximum atomic E-state index is 11.3. The number of nitrogen functional groups attached to an aromatic ring is 1. The maximum Gasteiger partial charge on any atom is 0.247 e. The Bertz CT molecular complexity index is 631. The van der Waals surface area contributed by atoms with Gasteiger partial charge in [0, 0.05) is 13.2 Å². The van der Waals surface area contributed by atoms with Crippen molar-refractivity contribution in [1.29, 1.82) is 0 Å². The van der Waals surface area contributed by atoms with Crippen molar-refractivity contribution in [2.24, 2.45) is 7.05 Å². The molecule has 0 unspecified atom stereocenters. The van der Waals surface area contributed by atoms with E-state index in [1.54, 1.807) is 10.7 Å². The predicted octanol–water partition coefficient (Wildman–Crippen LogP) is 1.91. The lowest BCUT2D eigenvalue weighted by atomic mass is 10.1. The van der Waals surface area contributed by atoms with E-state index in [0.717, 1.165) is 18.4 Å². The highest BCUT2D eigenvalue weighted by Crippen LogP contribution is 2.21. The van der Waals surface area contributed by atoms with Crippen LogP contribution >= 0.6 is 0 Å². The van der Waals surface area contributed by atoms with Crippen LogP contribution in [0.2, 0.25) is 0 Å². The number of nitrogens with one attached hydrogen (secondary N) is 1. The number of carbonyl (C=O) groups excluding carboxylic acids is 1. The zero-order valence-electron chi connectivity index (χ0n) is 11.5. The molecule has 2 rings (SSSR count). The van der Waals surface area contributed by atoms with Gasteiger partial charge in [0.25, 0.3) is 0 Å².